The van der Waals surface area contributed by atoms with E-state index in [1.165, 1.54) is 0 Å². The molecule has 0 unspecified atom stereocenters. The van der Waals surface area contributed by atoms with Gasteiger partial charge < -0.3 is 9.30 Å². The average molecular weight is 305 g/mol. The Morgan fingerprint density at radius 1 is 1.04 bits per heavy atom. The molecule has 3 nitrogen and oxygen atoms in total. The summed E-state index contributed by atoms with van der Waals surface area (Å²) in [6, 6.07) is 20.0. The van der Waals surface area contributed by atoms with Gasteiger partial charge >= 0.3 is 0 Å². The molecule has 0 saturated carbocycles. The Morgan fingerprint density at radius 3 is 2.35 bits per heavy atom. The number of nitrogens with zero attached hydrogens (tertiary/aromatic N) is 1. The molecule has 116 valence electrons. The minimum Gasteiger partial charge on any atom is -0.494 e. The minimum atomic E-state index is 0.645. The molecule has 0 aliphatic carbocycles. The van der Waals surface area contributed by atoms with Crippen LogP contribution in [-0.4, -0.2) is 17.5 Å². The van der Waals surface area contributed by atoms with E-state index >= 15 is 0 Å². The SMILES string of the molecule is CCOc1ccc(-n2c(-c3ccccc3)cc(C=O)c2C)cc1. The molecule has 0 aliphatic heterocycles. The van der Waals surface area contributed by atoms with Gasteiger partial charge in [0, 0.05) is 16.9 Å². The molecule has 0 aliphatic rings. The van der Waals surface area contributed by atoms with Crippen LogP contribution in [0.1, 0.15) is 23.0 Å². The number of carbonyl (C=O) groups excluding carboxylic acids is 1. The molecule has 0 spiro atoms. The molecule has 0 fully saturated rings. The maximum Gasteiger partial charge on any atom is 0.151 e. The highest BCUT2D eigenvalue weighted by Crippen LogP contribution is 2.29. The van der Waals surface area contributed by atoms with Crippen LogP contribution in [0.4, 0.5) is 0 Å². The van der Waals surface area contributed by atoms with Crippen molar-refractivity contribution in [3.05, 3.63) is 71.9 Å². The number of hydrogen-bond donors (Lipinski definition) is 0. The number of benzene rings is 2. The first-order chi connectivity index (χ1) is 11.2. The zero-order valence-electron chi connectivity index (χ0n) is 13.3. The Hall–Kier alpha value is -2.81. The molecule has 0 radical (unpaired) electrons. The number of aromatic nitrogens is 1. The molecule has 3 aromatic rings. The lowest BCUT2D eigenvalue weighted by atomic mass is 10.1. The Labute approximate surface area is 136 Å². The highest BCUT2D eigenvalue weighted by molar-refractivity contribution is 5.82. The Bertz CT molecular complexity index is 802. The zero-order chi connectivity index (χ0) is 16.2. The van der Waals surface area contributed by atoms with Gasteiger partial charge in [-0.2, -0.15) is 0 Å². The summed E-state index contributed by atoms with van der Waals surface area (Å²) in [5.41, 5.74) is 4.74. The van der Waals surface area contributed by atoms with Crippen LogP contribution in [-0.2, 0) is 0 Å². The van der Waals surface area contributed by atoms with Crippen molar-refractivity contribution >= 4 is 6.29 Å². The lowest BCUT2D eigenvalue weighted by Gasteiger charge is -2.13. The fourth-order valence-electron chi connectivity index (χ4n) is 2.76. The second-order valence-corrected chi connectivity index (χ2v) is 5.32. The van der Waals surface area contributed by atoms with Crippen molar-refractivity contribution in [2.45, 2.75) is 13.8 Å². The first kappa shape index (κ1) is 15.1. The Morgan fingerprint density at radius 2 is 1.74 bits per heavy atom. The van der Waals surface area contributed by atoms with Crippen LogP contribution in [0.15, 0.2) is 60.7 Å². The van der Waals surface area contributed by atoms with Gasteiger partial charge in [0.15, 0.2) is 6.29 Å². The van der Waals surface area contributed by atoms with Crippen LogP contribution in [0.25, 0.3) is 16.9 Å². The molecule has 0 atom stereocenters. The smallest absolute Gasteiger partial charge is 0.151 e. The maximum atomic E-state index is 11.4. The summed E-state index contributed by atoms with van der Waals surface area (Å²) in [7, 11) is 0. The van der Waals surface area contributed by atoms with Crippen LogP contribution in [0, 0.1) is 6.92 Å². The van der Waals surface area contributed by atoms with Crippen LogP contribution >= 0.6 is 0 Å². The van der Waals surface area contributed by atoms with E-state index in [9.17, 15) is 4.79 Å². The van der Waals surface area contributed by atoms with Crippen molar-refractivity contribution in [3.63, 3.8) is 0 Å². The molecular formula is C20H19NO2. The van der Waals surface area contributed by atoms with Gasteiger partial charge in [0.1, 0.15) is 5.75 Å². The minimum absolute atomic E-state index is 0.645. The van der Waals surface area contributed by atoms with Gasteiger partial charge in [-0.05, 0) is 49.7 Å². The summed E-state index contributed by atoms with van der Waals surface area (Å²) < 4.78 is 7.61. The lowest BCUT2D eigenvalue weighted by Crippen LogP contribution is -2.00. The molecule has 0 bridgehead atoms. The quantitative estimate of drug-likeness (QED) is 0.642. The van der Waals surface area contributed by atoms with E-state index in [4.69, 9.17) is 4.74 Å². The second-order valence-electron chi connectivity index (χ2n) is 5.32. The summed E-state index contributed by atoms with van der Waals surface area (Å²) in [4.78, 5) is 11.4. The first-order valence-corrected chi connectivity index (χ1v) is 7.70. The van der Waals surface area contributed by atoms with Crippen molar-refractivity contribution in [2.75, 3.05) is 6.61 Å². The summed E-state index contributed by atoms with van der Waals surface area (Å²) in [6.07, 6.45) is 0.910. The van der Waals surface area contributed by atoms with Gasteiger partial charge in [-0.3, -0.25) is 4.79 Å². The number of rotatable bonds is 5. The summed E-state index contributed by atoms with van der Waals surface area (Å²) in [6.45, 7) is 4.58. The van der Waals surface area contributed by atoms with Crippen molar-refractivity contribution in [2.24, 2.45) is 0 Å². The molecule has 2 aromatic carbocycles. The van der Waals surface area contributed by atoms with Gasteiger partial charge in [0.2, 0.25) is 0 Å². The predicted octanol–water partition coefficient (Wildman–Crippen LogP) is 4.66. The number of ether oxygens (including phenoxy) is 1. The van der Waals surface area contributed by atoms with E-state index in [0.717, 1.165) is 34.7 Å². The zero-order valence-corrected chi connectivity index (χ0v) is 13.3. The standard InChI is InChI=1S/C20H19NO2/c1-3-23-19-11-9-18(10-12-19)21-15(2)17(14-22)13-20(21)16-7-5-4-6-8-16/h4-14H,3H2,1-2H3. The third-order valence-electron chi connectivity index (χ3n) is 3.89. The lowest BCUT2D eigenvalue weighted by molar-refractivity contribution is 0.112. The monoisotopic (exact) mass is 305 g/mol. The molecule has 0 N–H and O–H groups in total. The fraction of sp³-hybridized carbons (Fsp3) is 0.150. The average Bonchev–Trinajstić information content (AvgIpc) is 2.93. The first-order valence-electron chi connectivity index (χ1n) is 7.70. The topological polar surface area (TPSA) is 31.2 Å². The Kier molecular flexibility index (Phi) is 4.29. The number of hydrogen-bond acceptors (Lipinski definition) is 2. The van der Waals surface area contributed by atoms with E-state index in [1.807, 2.05) is 62.4 Å². The van der Waals surface area contributed by atoms with E-state index in [0.29, 0.717) is 12.2 Å². The molecule has 1 heterocycles. The largest absolute Gasteiger partial charge is 0.494 e. The highest BCUT2D eigenvalue weighted by Gasteiger charge is 2.14. The third kappa shape index (κ3) is 2.90. The number of aldehydes is 1. The van der Waals surface area contributed by atoms with Crippen molar-refractivity contribution in [3.8, 4) is 22.7 Å². The van der Waals surface area contributed by atoms with E-state index in [1.54, 1.807) is 0 Å². The summed E-state index contributed by atoms with van der Waals surface area (Å²) in [5, 5.41) is 0. The highest BCUT2D eigenvalue weighted by atomic mass is 16.5. The predicted molar refractivity (Wildman–Crippen MR) is 92.5 cm³/mol. The van der Waals surface area contributed by atoms with Crippen LogP contribution in [0.5, 0.6) is 5.75 Å². The fourth-order valence-corrected chi connectivity index (χ4v) is 2.76. The van der Waals surface area contributed by atoms with Gasteiger partial charge in [-0.15, -0.1) is 0 Å². The van der Waals surface area contributed by atoms with E-state index in [2.05, 4.69) is 16.7 Å². The normalized spacial score (nSPS) is 10.5. The van der Waals surface area contributed by atoms with Crippen molar-refractivity contribution < 1.29 is 9.53 Å². The van der Waals surface area contributed by atoms with Crippen molar-refractivity contribution in [1.29, 1.82) is 0 Å². The van der Waals surface area contributed by atoms with Gasteiger partial charge in [-0.25, -0.2) is 0 Å². The van der Waals surface area contributed by atoms with E-state index < -0.39 is 0 Å². The summed E-state index contributed by atoms with van der Waals surface area (Å²) >= 11 is 0. The van der Waals surface area contributed by atoms with Crippen LogP contribution in [0.3, 0.4) is 0 Å². The van der Waals surface area contributed by atoms with Gasteiger partial charge in [-0.1, -0.05) is 30.3 Å². The molecule has 0 amide bonds. The molecule has 23 heavy (non-hydrogen) atoms. The number of carbonyl (C=O) groups is 1. The van der Waals surface area contributed by atoms with Crippen LogP contribution < -0.4 is 4.74 Å². The molecule has 3 rings (SSSR count). The maximum absolute atomic E-state index is 11.4. The Balaban J connectivity index is 2.14. The third-order valence-corrected chi connectivity index (χ3v) is 3.89. The van der Waals surface area contributed by atoms with E-state index in [-0.39, 0.29) is 0 Å². The van der Waals surface area contributed by atoms with Crippen molar-refractivity contribution in [1.82, 2.24) is 4.57 Å². The second kappa shape index (κ2) is 6.53. The molecular weight excluding hydrogens is 286 g/mol. The van der Waals surface area contributed by atoms with Gasteiger partial charge in [0.25, 0.3) is 0 Å². The van der Waals surface area contributed by atoms with Gasteiger partial charge in [0.05, 0.1) is 12.3 Å². The summed E-state index contributed by atoms with van der Waals surface area (Å²) in [5.74, 6) is 0.845. The van der Waals surface area contributed by atoms with Crippen LogP contribution in [0.2, 0.25) is 0 Å². The molecule has 1 aromatic heterocycles. The molecule has 0 saturated heterocycles. The molecule has 3 heteroatoms.